The zero-order valence-corrected chi connectivity index (χ0v) is 16.1. The number of carboxylic acid groups (broad SMARTS) is 1. The fourth-order valence-electron chi connectivity index (χ4n) is 4.53. The summed E-state index contributed by atoms with van der Waals surface area (Å²) in [5, 5.41) is 8.97. The minimum atomic E-state index is -0.993. The molecule has 28 heavy (non-hydrogen) atoms. The van der Waals surface area contributed by atoms with E-state index in [0.29, 0.717) is 11.3 Å². The number of benzene rings is 1. The SMILES string of the molecule is CN1CC[C@]2(CCCN(C(=O)c3ccc(-c4ccc(C(=O)O)cn4)cc3)C2)C1. The Balaban J connectivity index is 1.47. The predicted octanol–water partition coefficient (Wildman–Crippen LogP) is 3.00. The molecule has 0 aliphatic carbocycles. The maximum Gasteiger partial charge on any atom is 0.337 e. The van der Waals surface area contributed by atoms with Crippen molar-refractivity contribution in [3.8, 4) is 11.3 Å². The van der Waals surface area contributed by atoms with E-state index < -0.39 is 5.97 Å². The smallest absolute Gasteiger partial charge is 0.337 e. The molecule has 3 heterocycles. The van der Waals surface area contributed by atoms with Gasteiger partial charge in [-0.05, 0) is 57.1 Å². The third-order valence-electron chi connectivity index (χ3n) is 6.02. The Hall–Kier alpha value is -2.73. The number of carbonyl (C=O) groups is 2. The number of likely N-dealkylation sites (tertiary alicyclic amines) is 2. The minimum absolute atomic E-state index is 0.0920. The molecule has 1 atom stereocenters. The van der Waals surface area contributed by atoms with Crippen molar-refractivity contribution in [3.63, 3.8) is 0 Å². The summed E-state index contributed by atoms with van der Waals surface area (Å²) >= 11 is 0. The molecule has 1 spiro atoms. The van der Waals surface area contributed by atoms with Gasteiger partial charge in [0, 0.05) is 42.4 Å². The van der Waals surface area contributed by atoms with Crippen LogP contribution in [-0.2, 0) is 0 Å². The van der Waals surface area contributed by atoms with Crippen LogP contribution in [0.15, 0.2) is 42.6 Å². The summed E-state index contributed by atoms with van der Waals surface area (Å²) in [6.45, 7) is 3.86. The number of pyridine rings is 1. The number of aromatic carboxylic acids is 1. The number of amides is 1. The van der Waals surface area contributed by atoms with Gasteiger partial charge in [-0.2, -0.15) is 0 Å². The zero-order chi connectivity index (χ0) is 19.7. The molecule has 146 valence electrons. The Bertz CT molecular complexity index is 875. The number of nitrogens with zero attached hydrogens (tertiary/aromatic N) is 3. The molecule has 0 unspecified atom stereocenters. The largest absolute Gasteiger partial charge is 0.478 e. The molecular weight excluding hydrogens is 354 g/mol. The number of hydrogen-bond acceptors (Lipinski definition) is 4. The van der Waals surface area contributed by atoms with Crippen LogP contribution < -0.4 is 0 Å². The highest BCUT2D eigenvalue weighted by Gasteiger charge is 2.41. The van der Waals surface area contributed by atoms with Crippen LogP contribution >= 0.6 is 0 Å². The Morgan fingerprint density at radius 3 is 2.36 bits per heavy atom. The van der Waals surface area contributed by atoms with Crippen molar-refractivity contribution < 1.29 is 14.7 Å². The molecule has 6 heteroatoms. The standard InChI is InChI=1S/C22H25N3O3/c1-24-12-10-22(14-24)9-2-11-25(15-22)20(26)17-5-3-16(4-6-17)19-8-7-18(13-23-19)21(27)28/h3-8,13H,2,9-12,14-15H2,1H3,(H,27,28)/t22-/m1/s1. The second-order valence-corrected chi connectivity index (χ2v) is 8.13. The van der Waals surface area contributed by atoms with E-state index in [4.69, 9.17) is 5.11 Å². The monoisotopic (exact) mass is 379 g/mol. The van der Waals surface area contributed by atoms with Crippen LogP contribution in [0.25, 0.3) is 11.3 Å². The summed E-state index contributed by atoms with van der Waals surface area (Å²) in [7, 11) is 2.16. The van der Waals surface area contributed by atoms with E-state index >= 15 is 0 Å². The summed E-state index contributed by atoms with van der Waals surface area (Å²) < 4.78 is 0. The molecule has 2 saturated heterocycles. The number of carboxylic acids is 1. The normalized spacial score (nSPS) is 22.5. The average Bonchev–Trinajstić information content (AvgIpc) is 3.07. The molecule has 2 aromatic rings. The van der Waals surface area contributed by atoms with Gasteiger partial charge < -0.3 is 14.9 Å². The van der Waals surface area contributed by atoms with Gasteiger partial charge >= 0.3 is 5.97 Å². The van der Waals surface area contributed by atoms with Crippen LogP contribution in [0.2, 0.25) is 0 Å². The molecule has 0 radical (unpaired) electrons. The van der Waals surface area contributed by atoms with Gasteiger partial charge in [0.25, 0.3) is 5.91 Å². The summed E-state index contributed by atoms with van der Waals surface area (Å²) in [6.07, 6.45) is 4.79. The molecule has 2 aliphatic rings. The number of hydrogen-bond donors (Lipinski definition) is 1. The highest BCUT2D eigenvalue weighted by molar-refractivity contribution is 5.94. The van der Waals surface area contributed by atoms with Crippen LogP contribution in [0, 0.1) is 5.41 Å². The highest BCUT2D eigenvalue weighted by atomic mass is 16.4. The van der Waals surface area contributed by atoms with Crippen LogP contribution in [0.4, 0.5) is 0 Å². The number of rotatable bonds is 3. The summed E-state index contributed by atoms with van der Waals surface area (Å²) in [4.78, 5) is 32.6. The van der Waals surface area contributed by atoms with Crippen molar-refractivity contribution in [1.82, 2.24) is 14.8 Å². The van der Waals surface area contributed by atoms with E-state index in [1.54, 1.807) is 6.07 Å². The average molecular weight is 379 g/mol. The number of carbonyl (C=O) groups excluding carboxylic acids is 1. The summed E-state index contributed by atoms with van der Waals surface area (Å²) in [5.41, 5.74) is 2.66. The lowest BCUT2D eigenvalue weighted by Gasteiger charge is -2.40. The second kappa shape index (κ2) is 7.36. The van der Waals surface area contributed by atoms with E-state index in [2.05, 4.69) is 16.9 Å². The Labute approximate surface area is 164 Å². The van der Waals surface area contributed by atoms with Gasteiger partial charge in [0.1, 0.15) is 0 Å². The van der Waals surface area contributed by atoms with Gasteiger partial charge in [-0.25, -0.2) is 4.79 Å². The molecule has 1 amide bonds. The Kier molecular flexibility index (Phi) is 4.89. The minimum Gasteiger partial charge on any atom is -0.478 e. The molecule has 4 rings (SSSR count). The van der Waals surface area contributed by atoms with Crippen molar-refractivity contribution in [1.29, 1.82) is 0 Å². The summed E-state index contributed by atoms with van der Waals surface area (Å²) in [5.74, 6) is -0.901. The lowest BCUT2D eigenvalue weighted by atomic mass is 9.79. The molecule has 2 fully saturated rings. The molecule has 0 bridgehead atoms. The van der Waals surface area contributed by atoms with E-state index in [1.807, 2.05) is 29.2 Å². The lowest BCUT2D eigenvalue weighted by molar-refractivity contribution is 0.0534. The van der Waals surface area contributed by atoms with Crippen molar-refractivity contribution >= 4 is 11.9 Å². The van der Waals surface area contributed by atoms with Crippen molar-refractivity contribution in [2.75, 3.05) is 33.2 Å². The first-order valence-corrected chi connectivity index (χ1v) is 9.73. The maximum atomic E-state index is 13.0. The molecule has 2 aliphatic heterocycles. The van der Waals surface area contributed by atoms with Gasteiger partial charge in [-0.15, -0.1) is 0 Å². The number of aromatic nitrogens is 1. The zero-order valence-electron chi connectivity index (χ0n) is 16.1. The lowest BCUT2D eigenvalue weighted by Crippen LogP contribution is -2.47. The van der Waals surface area contributed by atoms with Crippen LogP contribution in [0.1, 0.15) is 40.0 Å². The summed E-state index contributed by atoms with van der Waals surface area (Å²) in [6, 6.07) is 10.7. The second-order valence-electron chi connectivity index (χ2n) is 8.13. The Morgan fingerprint density at radius 2 is 1.75 bits per heavy atom. The van der Waals surface area contributed by atoms with Crippen LogP contribution in [0.3, 0.4) is 0 Å². The van der Waals surface area contributed by atoms with Crippen LogP contribution in [-0.4, -0.2) is 65.0 Å². The topological polar surface area (TPSA) is 73.7 Å². The fraction of sp³-hybridized carbons (Fsp3) is 0.409. The number of piperidine rings is 1. The molecule has 1 aromatic carbocycles. The van der Waals surface area contributed by atoms with E-state index in [9.17, 15) is 9.59 Å². The molecule has 1 aromatic heterocycles. The molecular formula is C22H25N3O3. The van der Waals surface area contributed by atoms with Gasteiger partial charge in [-0.1, -0.05) is 12.1 Å². The molecule has 0 saturated carbocycles. The van der Waals surface area contributed by atoms with Gasteiger partial charge in [0.2, 0.25) is 0 Å². The van der Waals surface area contributed by atoms with Gasteiger partial charge in [0.15, 0.2) is 0 Å². The van der Waals surface area contributed by atoms with Crippen molar-refractivity contribution in [2.45, 2.75) is 19.3 Å². The quantitative estimate of drug-likeness (QED) is 0.887. The Morgan fingerprint density at radius 1 is 1.00 bits per heavy atom. The first-order valence-electron chi connectivity index (χ1n) is 9.73. The van der Waals surface area contributed by atoms with Gasteiger partial charge in [0.05, 0.1) is 11.3 Å². The van der Waals surface area contributed by atoms with Crippen molar-refractivity contribution in [2.24, 2.45) is 5.41 Å². The third kappa shape index (κ3) is 3.64. The van der Waals surface area contributed by atoms with Crippen LogP contribution in [0.5, 0.6) is 0 Å². The van der Waals surface area contributed by atoms with Gasteiger partial charge in [-0.3, -0.25) is 9.78 Å². The highest BCUT2D eigenvalue weighted by Crippen LogP contribution is 2.38. The van der Waals surface area contributed by atoms with Crippen molar-refractivity contribution in [3.05, 3.63) is 53.7 Å². The molecule has 6 nitrogen and oxygen atoms in total. The fourth-order valence-corrected chi connectivity index (χ4v) is 4.53. The van der Waals surface area contributed by atoms with E-state index in [0.717, 1.165) is 38.2 Å². The first-order chi connectivity index (χ1) is 13.5. The first kappa shape index (κ1) is 18.6. The van der Waals surface area contributed by atoms with E-state index in [-0.39, 0.29) is 16.9 Å². The third-order valence-corrected chi connectivity index (χ3v) is 6.02. The van der Waals surface area contributed by atoms with E-state index in [1.165, 1.54) is 25.1 Å². The predicted molar refractivity (Wildman–Crippen MR) is 106 cm³/mol. The maximum absolute atomic E-state index is 13.0. The molecule has 1 N–H and O–H groups in total.